The standard InChI is InChI=1S/C11H11BrFNO4/c1-2-17-10(15)5-18-11(16)6-3-9(14)8(13)4-7(6)12/h3-4H,2,5,14H2,1H3. The Morgan fingerprint density at radius 1 is 1.39 bits per heavy atom. The van der Waals surface area contributed by atoms with Crippen LogP contribution in [0.3, 0.4) is 0 Å². The van der Waals surface area contributed by atoms with Gasteiger partial charge in [-0.15, -0.1) is 0 Å². The van der Waals surface area contributed by atoms with Crippen molar-refractivity contribution in [3.63, 3.8) is 0 Å². The predicted molar refractivity (Wildman–Crippen MR) is 65.4 cm³/mol. The van der Waals surface area contributed by atoms with Gasteiger partial charge in [0.2, 0.25) is 0 Å². The van der Waals surface area contributed by atoms with E-state index in [-0.39, 0.29) is 22.3 Å². The molecule has 0 amide bonds. The molecule has 0 aliphatic heterocycles. The van der Waals surface area contributed by atoms with E-state index >= 15 is 0 Å². The second kappa shape index (κ2) is 6.34. The summed E-state index contributed by atoms with van der Waals surface area (Å²) in [5.74, 6) is -2.09. The van der Waals surface area contributed by atoms with Crippen molar-refractivity contribution in [3.8, 4) is 0 Å². The van der Waals surface area contributed by atoms with Crippen molar-refractivity contribution in [1.29, 1.82) is 0 Å². The van der Waals surface area contributed by atoms with E-state index in [0.29, 0.717) is 0 Å². The van der Waals surface area contributed by atoms with Gasteiger partial charge >= 0.3 is 11.9 Å². The Bertz CT molecular complexity index is 478. The molecule has 0 radical (unpaired) electrons. The fraction of sp³-hybridized carbons (Fsp3) is 0.273. The van der Waals surface area contributed by atoms with Gasteiger partial charge in [-0.25, -0.2) is 14.0 Å². The Balaban J connectivity index is 2.73. The monoisotopic (exact) mass is 319 g/mol. The molecule has 0 saturated heterocycles. The summed E-state index contributed by atoms with van der Waals surface area (Å²) in [5.41, 5.74) is 5.20. The topological polar surface area (TPSA) is 78.6 Å². The smallest absolute Gasteiger partial charge is 0.344 e. The van der Waals surface area contributed by atoms with Crippen LogP contribution >= 0.6 is 15.9 Å². The Hall–Kier alpha value is -1.63. The van der Waals surface area contributed by atoms with Gasteiger partial charge in [-0.3, -0.25) is 0 Å². The van der Waals surface area contributed by atoms with Gasteiger partial charge in [0.15, 0.2) is 6.61 Å². The number of benzene rings is 1. The largest absolute Gasteiger partial charge is 0.463 e. The van der Waals surface area contributed by atoms with E-state index in [1.54, 1.807) is 6.92 Å². The summed E-state index contributed by atoms with van der Waals surface area (Å²) in [6, 6.07) is 2.18. The summed E-state index contributed by atoms with van der Waals surface area (Å²) in [6.07, 6.45) is 0. The second-order valence-electron chi connectivity index (χ2n) is 3.23. The third-order valence-electron chi connectivity index (χ3n) is 1.93. The van der Waals surface area contributed by atoms with Crippen molar-refractivity contribution in [2.45, 2.75) is 6.92 Å². The molecule has 0 heterocycles. The van der Waals surface area contributed by atoms with E-state index in [9.17, 15) is 14.0 Å². The van der Waals surface area contributed by atoms with Crippen LogP contribution in [0.15, 0.2) is 16.6 Å². The number of nitrogens with two attached hydrogens (primary N) is 1. The highest BCUT2D eigenvalue weighted by Gasteiger charge is 2.16. The number of nitrogen functional groups attached to an aromatic ring is 1. The molecule has 18 heavy (non-hydrogen) atoms. The Labute approximate surface area is 111 Å². The number of anilines is 1. The molecular weight excluding hydrogens is 309 g/mol. The predicted octanol–water partition coefficient (Wildman–Crippen LogP) is 1.89. The first-order valence-corrected chi connectivity index (χ1v) is 5.82. The van der Waals surface area contributed by atoms with Crippen molar-refractivity contribution in [2.24, 2.45) is 0 Å². The first-order valence-electron chi connectivity index (χ1n) is 5.03. The van der Waals surface area contributed by atoms with Crippen LogP contribution in [0.2, 0.25) is 0 Å². The highest BCUT2D eigenvalue weighted by Crippen LogP contribution is 2.23. The number of carbonyl (C=O) groups is 2. The number of halogens is 2. The van der Waals surface area contributed by atoms with Gasteiger partial charge in [0.05, 0.1) is 17.9 Å². The number of rotatable bonds is 4. The Morgan fingerprint density at radius 2 is 2.06 bits per heavy atom. The van der Waals surface area contributed by atoms with Crippen molar-refractivity contribution < 1.29 is 23.5 Å². The summed E-state index contributed by atoms with van der Waals surface area (Å²) in [5, 5.41) is 0. The summed E-state index contributed by atoms with van der Waals surface area (Å²) in [7, 11) is 0. The Kier molecular flexibility index (Phi) is 5.08. The molecule has 0 unspecified atom stereocenters. The maximum Gasteiger partial charge on any atom is 0.344 e. The van der Waals surface area contributed by atoms with E-state index < -0.39 is 24.4 Å². The lowest BCUT2D eigenvalue weighted by molar-refractivity contribution is -0.146. The third kappa shape index (κ3) is 3.69. The van der Waals surface area contributed by atoms with Gasteiger partial charge in [0, 0.05) is 4.47 Å². The van der Waals surface area contributed by atoms with Gasteiger partial charge in [-0.1, -0.05) is 0 Å². The van der Waals surface area contributed by atoms with E-state index in [1.807, 2.05) is 0 Å². The molecule has 2 N–H and O–H groups in total. The molecule has 5 nitrogen and oxygen atoms in total. The molecule has 7 heteroatoms. The molecule has 98 valence electrons. The molecule has 0 saturated carbocycles. The lowest BCUT2D eigenvalue weighted by Crippen LogP contribution is -2.17. The van der Waals surface area contributed by atoms with Crippen LogP contribution in [0, 0.1) is 5.82 Å². The zero-order valence-electron chi connectivity index (χ0n) is 9.54. The minimum absolute atomic E-state index is 0.0400. The zero-order valence-corrected chi connectivity index (χ0v) is 11.1. The molecule has 0 spiro atoms. The average Bonchev–Trinajstić information content (AvgIpc) is 2.31. The molecule has 1 rings (SSSR count). The number of esters is 2. The van der Waals surface area contributed by atoms with Gasteiger partial charge in [0.25, 0.3) is 0 Å². The van der Waals surface area contributed by atoms with E-state index in [4.69, 9.17) is 10.5 Å². The Morgan fingerprint density at radius 3 is 2.67 bits per heavy atom. The van der Waals surface area contributed by atoms with Crippen molar-refractivity contribution in [1.82, 2.24) is 0 Å². The normalized spacial score (nSPS) is 9.94. The summed E-state index contributed by atoms with van der Waals surface area (Å²) < 4.78 is 22.5. The van der Waals surface area contributed by atoms with Gasteiger partial charge in [-0.2, -0.15) is 0 Å². The summed E-state index contributed by atoms with van der Waals surface area (Å²) in [4.78, 5) is 22.6. The first-order chi connectivity index (χ1) is 8.45. The summed E-state index contributed by atoms with van der Waals surface area (Å²) >= 11 is 3.01. The highest BCUT2D eigenvalue weighted by atomic mass is 79.9. The fourth-order valence-electron chi connectivity index (χ4n) is 1.13. The van der Waals surface area contributed by atoms with Crippen molar-refractivity contribution >= 4 is 33.6 Å². The minimum Gasteiger partial charge on any atom is -0.463 e. The van der Waals surface area contributed by atoms with Gasteiger partial charge in [0.1, 0.15) is 5.82 Å². The van der Waals surface area contributed by atoms with E-state index in [0.717, 1.165) is 12.1 Å². The third-order valence-corrected chi connectivity index (χ3v) is 2.59. The van der Waals surface area contributed by atoms with Crippen LogP contribution in [-0.2, 0) is 14.3 Å². The molecule has 1 aromatic carbocycles. The minimum atomic E-state index is -0.790. The molecule has 0 bridgehead atoms. The lowest BCUT2D eigenvalue weighted by atomic mass is 10.2. The SMILES string of the molecule is CCOC(=O)COC(=O)c1cc(N)c(F)cc1Br. The van der Waals surface area contributed by atoms with Crippen molar-refractivity contribution in [3.05, 3.63) is 28.0 Å². The van der Waals surface area contributed by atoms with Crippen LogP contribution in [0.25, 0.3) is 0 Å². The number of hydrogen-bond acceptors (Lipinski definition) is 5. The van der Waals surface area contributed by atoms with Gasteiger partial charge in [-0.05, 0) is 35.0 Å². The van der Waals surface area contributed by atoms with E-state index in [2.05, 4.69) is 20.7 Å². The number of hydrogen-bond donors (Lipinski definition) is 1. The van der Waals surface area contributed by atoms with Crippen LogP contribution in [-0.4, -0.2) is 25.2 Å². The molecule has 0 fully saturated rings. The highest BCUT2D eigenvalue weighted by molar-refractivity contribution is 9.10. The average molecular weight is 320 g/mol. The maximum absolute atomic E-state index is 13.1. The van der Waals surface area contributed by atoms with E-state index in [1.165, 1.54) is 0 Å². The van der Waals surface area contributed by atoms with Gasteiger partial charge < -0.3 is 15.2 Å². The summed E-state index contributed by atoms with van der Waals surface area (Å²) in [6.45, 7) is 1.33. The molecule has 0 aliphatic rings. The van der Waals surface area contributed by atoms with Crippen LogP contribution in [0.1, 0.15) is 17.3 Å². The maximum atomic E-state index is 13.1. The zero-order chi connectivity index (χ0) is 13.7. The molecule has 0 aromatic heterocycles. The van der Waals surface area contributed by atoms with Crippen molar-refractivity contribution in [2.75, 3.05) is 18.9 Å². The quantitative estimate of drug-likeness (QED) is 0.677. The molecular formula is C11H11BrFNO4. The fourth-order valence-corrected chi connectivity index (χ4v) is 1.60. The van der Waals surface area contributed by atoms with Crippen LogP contribution < -0.4 is 5.73 Å². The number of carbonyl (C=O) groups excluding carboxylic acids is 2. The lowest BCUT2D eigenvalue weighted by Gasteiger charge is -2.07. The number of ether oxygens (including phenoxy) is 2. The van der Waals surface area contributed by atoms with Crippen LogP contribution in [0.4, 0.5) is 10.1 Å². The second-order valence-corrected chi connectivity index (χ2v) is 4.09. The first kappa shape index (κ1) is 14.4. The van der Waals surface area contributed by atoms with Crippen LogP contribution in [0.5, 0.6) is 0 Å². The molecule has 0 atom stereocenters. The molecule has 0 aliphatic carbocycles. The molecule has 1 aromatic rings.